The molecule has 0 aliphatic heterocycles. The van der Waals surface area contributed by atoms with E-state index in [0.717, 1.165) is 0 Å². The van der Waals surface area contributed by atoms with E-state index < -0.39 is 0 Å². The van der Waals surface area contributed by atoms with Gasteiger partial charge < -0.3 is 4.74 Å². The number of hydrogen-bond acceptors (Lipinski definition) is 4. The van der Waals surface area contributed by atoms with E-state index in [2.05, 4.69) is 15.2 Å². The highest BCUT2D eigenvalue weighted by atomic mass is 16.5. The minimum atomic E-state index is 0.416. The second kappa shape index (κ2) is 4.26. The number of aliphatic imine (C=N–C) groups is 1. The van der Waals surface area contributed by atoms with Gasteiger partial charge in [0.2, 0.25) is 0 Å². The fraction of sp³-hybridized carbons (Fsp3) is 0.375. The number of nitriles is 1. The maximum Gasteiger partial charge on any atom is 0.186 e. The average molecular weight is 178 g/mol. The van der Waals surface area contributed by atoms with Gasteiger partial charge in [0.05, 0.1) is 12.8 Å². The number of hydrogen-bond donors (Lipinski definition) is 1. The topological polar surface area (TPSA) is 74.1 Å². The Bertz CT molecular complexity index is 347. The van der Waals surface area contributed by atoms with Crippen molar-refractivity contribution in [1.29, 1.82) is 5.26 Å². The Hall–Kier alpha value is -1.83. The molecule has 0 aliphatic rings. The Kier molecular flexibility index (Phi) is 3.03. The number of rotatable bonds is 2. The molecule has 0 bridgehead atoms. The van der Waals surface area contributed by atoms with E-state index in [1.165, 1.54) is 6.20 Å². The lowest BCUT2D eigenvalue weighted by molar-refractivity contribution is 0.325. The smallest absolute Gasteiger partial charge is 0.186 e. The Morgan fingerprint density at radius 2 is 2.62 bits per heavy atom. The van der Waals surface area contributed by atoms with Crippen molar-refractivity contribution in [3.8, 4) is 6.07 Å². The summed E-state index contributed by atoms with van der Waals surface area (Å²) in [5, 5.41) is 14.9. The molecule has 1 heterocycles. The summed E-state index contributed by atoms with van der Waals surface area (Å²) in [7, 11) is 0. The first kappa shape index (κ1) is 9.26. The van der Waals surface area contributed by atoms with Crippen LogP contribution in [0.3, 0.4) is 0 Å². The largest absolute Gasteiger partial charge is 0.481 e. The molecule has 0 spiro atoms. The zero-order chi connectivity index (χ0) is 9.68. The zero-order valence-corrected chi connectivity index (χ0v) is 7.53. The molecular weight excluding hydrogens is 168 g/mol. The lowest BCUT2D eigenvalue weighted by Crippen LogP contribution is -1.97. The molecule has 13 heavy (non-hydrogen) atoms. The first-order valence-corrected chi connectivity index (χ1v) is 3.89. The molecule has 0 unspecified atom stereocenters. The van der Waals surface area contributed by atoms with Crippen molar-refractivity contribution in [1.82, 2.24) is 10.2 Å². The lowest BCUT2D eigenvalue weighted by Gasteiger charge is -1.99. The van der Waals surface area contributed by atoms with Gasteiger partial charge in [-0.25, -0.2) is 0 Å². The molecule has 1 rings (SSSR count). The van der Waals surface area contributed by atoms with Gasteiger partial charge in [-0.3, -0.25) is 5.10 Å². The Balaban J connectivity index is 2.85. The Morgan fingerprint density at radius 1 is 1.85 bits per heavy atom. The number of aromatic nitrogens is 2. The lowest BCUT2D eigenvalue weighted by atomic mass is 10.4. The summed E-state index contributed by atoms with van der Waals surface area (Å²) in [4.78, 5) is 4.03. The van der Waals surface area contributed by atoms with Crippen LogP contribution in [0.4, 0.5) is 5.82 Å². The number of H-pyrrole nitrogens is 1. The second-order valence-corrected chi connectivity index (χ2v) is 2.31. The summed E-state index contributed by atoms with van der Waals surface area (Å²) < 4.78 is 5.11. The normalized spacial score (nSPS) is 11.0. The molecule has 5 heteroatoms. The highest BCUT2D eigenvalue weighted by Gasteiger charge is 2.02. The van der Waals surface area contributed by atoms with Gasteiger partial charge in [0.15, 0.2) is 11.7 Å². The van der Waals surface area contributed by atoms with Crippen LogP contribution in [0, 0.1) is 11.3 Å². The standard InChI is InChI=1S/C8H10N4O/c1-3-13-6(2)11-8-7(4-9)5-10-12-8/h5H,3H2,1-2H3,(H,10,12). The molecule has 0 amide bonds. The van der Waals surface area contributed by atoms with Gasteiger partial charge >= 0.3 is 0 Å². The highest BCUT2D eigenvalue weighted by molar-refractivity contribution is 5.76. The van der Waals surface area contributed by atoms with E-state index in [1.807, 2.05) is 13.0 Å². The van der Waals surface area contributed by atoms with Crippen LogP contribution in [-0.2, 0) is 4.74 Å². The molecule has 1 aromatic rings. The average Bonchev–Trinajstić information content (AvgIpc) is 2.52. The molecule has 0 aromatic carbocycles. The van der Waals surface area contributed by atoms with E-state index >= 15 is 0 Å². The first-order valence-electron chi connectivity index (χ1n) is 3.89. The van der Waals surface area contributed by atoms with Gasteiger partial charge in [0, 0.05) is 6.92 Å². The third kappa shape index (κ3) is 2.30. The monoisotopic (exact) mass is 178 g/mol. The minimum Gasteiger partial charge on any atom is -0.481 e. The van der Waals surface area contributed by atoms with Crippen LogP contribution in [0.25, 0.3) is 0 Å². The molecule has 1 aromatic heterocycles. The van der Waals surface area contributed by atoms with Gasteiger partial charge in [-0.15, -0.1) is 0 Å². The Morgan fingerprint density at radius 3 is 3.23 bits per heavy atom. The molecule has 0 aliphatic carbocycles. The van der Waals surface area contributed by atoms with E-state index in [4.69, 9.17) is 10.00 Å². The van der Waals surface area contributed by atoms with E-state index in [1.54, 1.807) is 6.92 Å². The van der Waals surface area contributed by atoms with Crippen LogP contribution in [0.1, 0.15) is 19.4 Å². The summed E-state index contributed by atoms with van der Waals surface area (Å²) in [5.41, 5.74) is 0.416. The molecule has 0 saturated heterocycles. The van der Waals surface area contributed by atoms with Gasteiger partial charge in [0.1, 0.15) is 11.6 Å². The molecule has 0 radical (unpaired) electrons. The fourth-order valence-corrected chi connectivity index (χ4v) is 0.845. The molecule has 5 nitrogen and oxygen atoms in total. The second-order valence-electron chi connectivity index (χ2n) is 2.31. The number of nitrogens with zero attached hydrogens (tertiary/aromatic N) is 3. The quantitative estimate of drug-likeness (QED) is 0.549. The molecule has 1 N–H and O–H groups in total. The molecular formula is C8H10N4O. The first-order chi connectivity index (χ1) is 6.27. The maximum absolute atomic E-state index is 8.63. The van der Waals surface area contributed by atoms with Crippen molar-refractivity contribution in [2.75, 3.05) is 6.61 Å². The van der Waals surface area contributed by atoms with Crippen LogP contribution in [0.2, 0.25) is 0 Å². The van der Waals surface area contributed by atoms with Crippen LogP contribution in [0.5, 0.6) is 0 Å². The summed E-state index contributed by atoms with van der Waals surface area (Å²) in [5.74, 6) is 0.955. The van der Waals surface area contributed by atoms with Crippen molar-refractivity contribution in [2.45, 2.75) is 13.8 Å². The molecule has 0 saturated carbocycles. The summed E-state index contributed by atoms with van der Waals surface area (Å²) in [6.07, 6.45) is 1.43. The SMILES string of the molecule is CCOC(C)=Nc1[nH]ncc1C#N. The maximum atomic E-state index is 8.63. The van der Waals surface area contributed by atoms with Crippen molar-refractivity contribution >= 4 is 11.7 Å². The number of nitrogens with one attached hydrogen (secondary N) is 1. The zero-order valence-electron chi connectivity index (χ0n) is 7.53. The molecule has 0 atom stereocenters. The van der Waals surface area contributed by atoms with Crippen LogP contribution < -0.4 is 0 Å². The van der Waals surface area contributed by atoms with Gasteiger partial charge in [-0.1, -0.05) is 0 Å². The Labute approximate surface area is 76.1 Å². The van der Waals surface area contributed by atoms with E-state index in [-0.39, 0.29) is 0 Å². The number of aromatic amines is 1. The van der Waals surface area contributed by atoms with Gasteiger partial charge in [-0.05, 0) is 6.92 Å². The van der Waals surface area contributed by atoms with Crippen LogP contribution in [-0.4, -0.2) is 22.7 Å². The predicted octanol–water partition coefficient (Wildman–Crippen LogP) is 1.37. The van der Waals surface area contributed by atoms with Crippen LogP contribution >= 0.6 is 0 Å². The predicted molar refractivity (Wildman–Crippen MR) is 47.7 cm³/mol. The van der Waals surface area contributed by atoms with Crippen molar-refractivity contribution in [2.24, 2.45) is 4.99 Å². The fourth-order valence-electron chi connectivity index (χ4n) is 0.845. The summed E-state index contributed by atoms with van der Waals surface area (Å²) in [6, 6.07) is 1.97. The van der Waals surface area contributed by atoms with E-state index in [0.29, 0.717) is 23.9 Å². The highest BCUT2D eigenvalue weighted by Crippen LogP contribution is 2.13. The summed E-state index contributed by atoms with van der Waals surface area (Å²) in [6.45, 7) is 4.16. The van der Waals surface area contributed by atoms with Crippen molar-refractivity contribution in [3.63, 3.8) is 0 Å². The number of ether oxygens (including phenoxy) is 1. The van der Waals surface area contributed by atoms with Crippen molar-refractivity contribution < 1.29 is 4.74 Å². The third-order valence-electron chi connectivity index (χ3n) is 1.36. The third-order valence-corrected chi connectivity index (χ3v) is 1.36. The summed E-state index contributed by atoms with van der Waals surface area (Å²) >= 11 is 0. The van der Waals surface area contributed by atoms with Crippen LogP contribution in [0.15, 0.2) is 11.2 Å². The van der Waals surface area contributed by atoms with E-state index in [9.17, 15) is 0 Å². The minimum absolute atomic E-state index is 0.416. The molecule has 68 valence electrons. The van der Waals surface area contributed by atoms with Crippen molar-refractivity contribution in [3.05, 3.63) is 11.8 Å². The van der Waals surface area contributed by atoms with Gasteiger partial charge in [-0.2, -0.15) is 15.4 Å². The van der Waals surface area contributed by atoms with Gasteiger partial charge in [0.25, 0.3) is 0 Å². The molecule has 0 fully saturated rings.